The van der Waals surface area contributed by atoms with Crippen LogP contribution >= 0.6 is 24.2 Å². The highest BCUT2D eigenvalue weighted by atomic mass is 35.5. The number of para-hydroxylation sites is 2. The summed E-state index contributed by atoms with van der Waals surface area (Å²) in [6, 6.07) is 21.5. The Hall–Kier alpha value is -2.96. The molecule has 1 aliphatic rings. The van der Waals surface area contributed by atoms with E-state index in [0.717, 1.165) is 40.2 Å². The van der Waals surface area contributed by atoms with Crippen LogP contribution < -0.4 is 4.74 Å². The maximum absolute atomic E-state index is 11.6. The first-order chi connectivity index (χ1) is 14.7. The number of hydrogen-bond acceptors (Lipinski definition) is 4. The van der Waals surface area contributed by atoms with Gasteiger partial charge in [-0.2, -0.15) is 0 Å². The zero-order chi connectivity index (χ0) is 20.5. The van der Waals surface area contributed by atoms with Crippen LogP contribution in [0.3, 0.4) is 0 Å². The molecule has 0 aliphatic carbocycles. The summed E-state index contributed by atoms with van der Waals surface area (Å²) in [5.41, 5.74) is 5.63. The number of carboxylic acids is 1. The van der Waals surface area contributed by atoms with Crippen LogP contribution in [0.4, 0.5) is 0 Å². The van der Waals surface area contributed by atoms with Gasteiger partial charge in [0.1, 0.15) is 12.4 Å². The van der Waals surface area contributed by atoms with Crippen molar-refractivity contribution in [3.8, 4) is 5.75 Å². The molecule has 0 amide bonds. The minimum Gasteiger partial charge on any atom is -0.489 e. The molecular weight excluding hydrogens is 432 g/mol. The number of benzene rings is 3. The Balaban J connectivity index is 0.00000231. The van der Waals surface area contributed by atoms with Crippen LogP contribution in [0, 0.1) is 0 Å². The zero-order valence-corrected chi connectivity index (χ0v) is 18.2. The predicted molar refractivity (Wildman–Crippen MR) is 125 cm³/mol. The summed E-state index contributed by atoms with van der Waals surface area (Å²) >= 11 is 1.80. The van der Waals surface area contributed by atoms with E-state index in [1.807, 2.05) is 36.7 Å². The minimum atomic E-state index is -0.927. The van der Waals surface area contributed by atoms with Gasteiger partial charge in [0.05, 0.1) is 28.2 Å². The molecular formula is C24H21ClN2O3S. The largest absolute Gasteiger partial charge is 0.489 e. The van der Waals surface area contributed by atoms with E-state index in [-0.39, 0.29) is 23.2 Å². The Labute approximate surface area is 190 Å². The Morgan fingerprint density at radius 3 is 2.77 bits per heavy atom. The SMILES string of the molecule is Cl.O=C(O)c1ccc2c(c1)C(SCCn1cnc3ccccc31)c1ccccc1CO2. The molecule has 0 bridgehead atoms. The lowest BCUT2D eigenvalue weighted by molar-refractivity contribution is 0.0696. The molecule has 31 heavy (non-hydrogen) atoms. The monoisotopic (exact) mass is 452 g/mol. The maximum Gasteiger partial charge on any atom is 0.335 e. The highest BCUT2D eigenvalue weighted by Gasteiger charge is 2.26. The molecule has 2 heterocycles. The van der Waals surface area contributed by atoms with E-state index in [4.69, 9.17) is 4.74 Å². The van der Waals surface area contributed by atoms with Gasteiger partial charge in [-0.1, -0.05) is 36.4 Å². The standard InChI is InChI=1S/C24H20N2O3S.ClH/c27-24(28)16-9-10-22-19(13-16)23(18-6-2-1-5-17(18)14-29-22)30-12-11-26-15-25-20-7-3-4-8-21(20)26;/h1-10,13,15,23H,11-12,14H2,(H,27,28);1H. The Morgan fingerprint density at radius 2 is 1.90 bits per heavy atom. The van der Waals surface area contributed by atoms with E-state index in [9.17, 15) is 9.90 Å². The quantitative estimate of drug-likeness (QED) is 0.428. The number of ether oxygens (including phenoxy) is 1. The van der Waals surface area contributed by atoms with Crippen molar-refractivity contribution in [3.63, 3.8) is 0 Å². The van der Waals surface area contributed by atoms with Gasteiger partial charge in [0.25, 0.3) is 0 Å². The Morgan fingerprint density at radius 1 is 1.10 bits per heavy atom. The molecule has 0 radical (unpaired) electrons. The molecule has 4 aromatic rings. The number of fused-ring (bicyclic) bond motifs is 3. The molecule has 0 fully saturated rings. The van der Waals surface area contributed by atoms with Crippen LogP contribution in [0.25, 0.3) is 11.0 Å². The molecule has 5 nitrogen and oxygen atoms in total. The van der Waals surface area contributed by atoms with Crippen LogP contribution in [-0.4, -0.2) is 26.4 Å². The molecule has 0 saturated carbocycles. The molecule has 1 unspecified atom stereocenters. The molecule has 7 heteroatoms. The summed E-state index contributed by atoms with van der Waals surface area (Å²) < 4.78 is 8.19. The molecule has 1 aliphatic heterocycles. The Kier molecular flexibility index (Phi) is 6.20. The molecule has 158 valence electrons. The fourth-order valence-corrected chi connectivity index (χ4v) is 5.21. The van der Waals surface area contributed by atoms with Crippen molar-refractivity contribution in [1.82, 2.24) is 9.55 Å². The fourth-order valence-electron chi connectivity index (χ4n) is 3.90. The molecule has 0 spiro atoms. The van der Waals surface area contributed by atoms with E-state index in [0.29, 0.717) is 6.61 Å². The van der Waals surface area contributed by atoms with Gasteiger partial charge in [0, 0.05) is 17.9 Å². The third-order valence-corrected chi connectivity index (χ3v) is 6.66. The van der Waals surface area contributed by atoms with Gasteiger partial charge >= 0.3 is 5.97 Å². The second-order valence-corrected chi connectivity index (χ2v) is 8.44. The number of rotatable bonds is 5. The minimum absolute atomic E-state index is 0. The van der Waals surface area contributed by atoms with Gasteiger partial charge in [0.15, 0.2) is 0 Å². The number of hydrogen-bond donors (Lipinski definition) is 1. The van der Waals surface area contributed by atoms with Crippen molar-refractivity contribution in [2.75, 3.05) is 5.75 Å². The zero-order valence-electron chi connectivity index (χ0n) is 16.6. The van der Waals surface area contributed by atoms with Gasteiger partial charge in [0.2, 0.25) is 0 Å². The second-order valence-electron chi connectivity index (χ2n) is 7.22. The van der Waals surface area contributed by atoms with Crippen molar-refractivity contribution >= 4 is 41.2 Å². The highest BCUT2D eigenvalue weighted by molar-refractivity contribution is 7.99. The van der Waals surface area contributed by atoms with Gasteiger partial charge in [-0.05, 0) is 41.5 Å². The smallest absolute Gasteiger partial charge is 0.335 e. The van der Waals surface area contributed by atoms with Gasteiger partial charge in [-0.15, -0.1) is 24.2 Å². The normalized spacial score (nSPS) is 14.6. The predicted octanol–water partition coefficient (Wildman–Crippen LogP) is 5.57. The van der Waals surface area contributed by atoms with E-state index >= 15 is 0 Å². The lowest BCUT2D eigenvalue weighted by Crippen LogP contribution is -2.05. The molecule has 0 saturated heterocycles. The molecule has 1 atom stereocenters. The van der Waals surface area contributed by atoms with Gasteiger partial charge < -0.3 is 14.4 Å². The molecule has 1 aromatic heterocycles. The lowest BCUT2D eigenvalue weighted by atomic mass is 9.98. The fraction of sp³-hybridized carbons (Fsp3) is 0.167. The van der Waals surface area contributed by atoms with Crippen molar-refractivity contribution in [3.05, 3.63) is 95.3 Å². The average molecular weight is 453 g/mol. The first-order valence-corrected chi connectivity index (χ1v) is 10.8. The van der Waals surface area contributed by atoms with Crippen LogP contribution in [0.15, 0.2) is 73.1 Å². The van der Waals surface area contributed by atoms with E-state index in [2.05, 4.69) is 27.8 Å². The Bertz CT molecular complexity index is 1240. The number of nitrogens with zero attached hydrogens (tertiary/aromatic N) is 2. The highest BCUT2D eigenvalue weighted by Crippen LogP contribution is 2.44. The van der Waals surface area contributed by atoms with Crippen LogP contribution in [-0.2, 0) is 13.2 Å². The average Bonchev–Trinajstić information content (AvgIpc) is 3.11. The van der Waals surface area contributed by atoms with Crippen LogP contribution in [0.2, 0.25) is 0 Å². The van der Waals surface area contributed by atoms with Crippen molar-refractivity contribution < 1.29 is 14.6 Å². The number of aryl methyl sites for hydroxylation is 1. The third-order valence-electron chi connectivity index (χ3n) is 5.40. The number of aromatic carboxylic acids is 1. The number of carboxylic acid groups (broad SMARTS) is 1. The summed E-state index contributed by atoms with van der Waals surface area (Å²) in [6.45, 7) is 1.30. The summed E-state index contributed by atoms with van der Waals surface area (Å²) in [4.78, 5) is 16.0. The number of aromatic nitrogens is 2. The van der Waals surface area contributed by atoms with E-state index < -0.39 is 5.97 Å². The molecule has 1 N–H and O–H groups in total. The number of halogens is 1. The van der Waals surface area contributed by atoms with Crippen molar-refractivity contribution in [1.29, 1.82) is 0 Å². The number of thioether (sulfide) groups is 1. The summed E-state index contributed by atoms with van der Waals surface area (Å²) in [5, 5.41) is 9.49. The topological polar surface area (TPSA) is 64.3 Å². The second kappa shape index (κ2) is 9.04. The summed E-state index contributed by atoms with van der Waals surface area (Å²) in [7, 11) is 0. The summed E-state index contributed by atoms with van der Waals surface area (Å²) in [5.74, 6) is 0.682. The van der Waals surface area contributed by atoms with E-state index in [1.165, 1.54) is 5.56 Å². The van der Waals surface area contributed by atoms with Crippen LogP contribution in [0.1, 0.15) is 32.3 Å². The first kappa shape index (κ1) is 21.3. The third kappa shape index (κ3) is 4.13. The first-order valence-electron chi connectivity index (χ1n) is 9.80. The molecule has 3 aromatic carbocycles. The van der Waals surface area contributed by atoms with Gasteiger partial charge in [-0.25, -0.2) is 9.78 Å². The lowest BCUT2D eigenvalue weighted by Gasteiger charge is -2.19. The molecule has 5 rings (SSSR count). The number of carbonyl (C=O) groups is 1. The summed E-state index contributed by atoms with van der Waals surface area (Å²) in [6.07, 6.45) is 1.88. The number of imidazole rings is 1. The van der Waals surface area contributed by atoms with E-state index in [1.54, 1.807) is 30.0 Å². The van der Waals surface area contributed by atoms with Crippen molar-refractivity contribution in [2.24, 2.45) is 0 Å². The van der Waals surface area contributed by atoms with Crippen LogP contribution in [0.5, 0.6) is 5.75 Å². The van der Waals surface area contributed by atoms with Crippen molar-refractivity contribution in [2.45, 2.75) is 18.4 Å². The van der Waals surface area contributed by atoms with Gasteiger partial charge in [-0.3, -0.25) is 0 Å². The maximum atomic E-state index is 11.6.